The van der Waals surface area contributed by atoms with Crippen LogP contribution < -0.4 is 15.8 Å². The Morgan fingerprint density at radius 1 is 1.09 bits per heavy atom. The van der Waals surface area contributed by atoms with E-state index in [4.69, 9.17) is 14.2 Å². The van der Waals surface area contributed by atoms with Gasteiger partial charge in [-0.2, -0.15) is 0 Å². The quantitative estimate of drug-likeness (QED) is 0.481. The first-order valence-corrected chi connectivity index (χ1v) is 12.4. The zero-order valence-electron chi connectivity index (χ0n) is 20.8. The highest BCUT2D eigenvalue weighted by molar-refractivity contribution is 5.34. The van der Waals surface area contributed by atoms with Gasteiger partial charge in [-0.1, -0.05) is 20.8 Å². The normalized spacial score (nSPS) is 28.2. The second-order valence-electron chi connectivity index (χ2n) is 11.0. The minimum absolute atomic E-state index is 0.322. The Labute approximate surface area is 195 Å². The van der Waals surface area contributed by atoms with E-state index in [9.17, 15) is 0 Å². The Morgan fingerprint density at radius 2 is 1.88 bits per heavy atom. The van der Waals surface area contributed by atoms with Gasteiger partial charge in [0.25, 0.3) is 0 Å². The molecular formula is C26H46N3O3+. The number of rotatable bonds is 12. The zero-order chi connectivity index (χ0) is 23.0. The molecule has 4 N–H and O–H groups in total. The molecule has 2 aliphatic rings. The zero-order valence-corrected chi connectivity index (χ0v) is 20.8. The van der Waals surface area contributed by atoms with Crippen molar-refractivity contribution in [2.24, 2.45) is 10.8 Å². The lowest BCUT2D eigenvalue weighted by Crippen LogP contribution is -2.44. The van der Waals surface area contributed by atoms with Crippen LogP contribution in [0.15, 0.2) is 24.3 Å². The van der Waals surface area contributed by atoms with Crippen molar-refractivity contribution in [3.8, 4) is 5.75 Å². The summed E-state index contributed by atoms with van der Waals surface area (Å²) >= 11 is 0. The second kappa shape index (κ2) is 11.8. The van der Waals surface area contributed by atoms with E-state index in [-0.39, 0.29) is 0 Å². The van der Waals surface area contributed by atoms with Crippen molar-refractivity contribution < 1.29 is 19.9 Å². The molecule has 0 bridgehead atoms. The standard InChI is InChI=1S/C26H45N3O3/c1-25(2)16-24(17-26(3,19-25)20-28-4)31-13-12-29-11-5-6-22(29)18-30-14-15-32-23-9-7-21(27)8-10-23/h7-10,22,24,28H,5-6,11-20,27H2,1-4H3/p+1. The first kappa shape index (κ1) is 25.4. The molecule has 0 amide bonds. The SMILES string of the molecule is CNCC1(C)CC(OCCN2CCCC2COCCOc2ccc([NH3+])cc2)CC(C)(C)C1. The van der Waals surface area contributed by atoms with Crippen molar-refractivity contribution in [2.45, 2.75) is 65.0 Å². The molecule has 0 aromatic heterocycles. The Hall–Kier alpha value is -1.18. The van der Waals surface area contributed by atoms with E-state index in [0.717, 1.165) is 57.1 Å². The van der Waals surface area contributed by atoms with Crippen LogP contribution in [-0.4, -0.2) is 70.2 Å². The predicted molar refractivity (Wildman–Crippen MR) is 129 cm³/mol. The van der Waals surface area contributed by atoms with Crippen molar-refractivity contribution in [3.63, 3.8) is 0 Å². The fourth-order valence-electron chi connectivity index (χ4n) is 5.96. The highest BCUT2D eigenvalue weighted by Crippen LogP contribution is 2.46. The van der Waals surface area contributed by atoms with Gasteiger partial charge >= 0.3 is 0 Å². The van der Waals surface area contributed by atoms with Gasteiger partial charge < -0.3 is 25.3 Å². The number of nitrogens with zero attached hydrogens (tertiary/aromatic N) is 1. The molecule has 3 rings (SSSR count). The van der Waals surface area contributed by atoms with Gasteiger partial charge in [-0.3, -0.25) is 4.90 Å². The summed E-state index contributed by atoms with van der Waals surface area (Å²) in [6.07, 6.45) is 6.40. The first-order chi connectivity index (χ1) is 15.3. The van der Waals surface area contributed by atoms with Crippen molar-refractivity contribution in [1.82, 2.24) is 10.2 Å². The summed E-state index contributed by atoms with van der Waals surface area (Å²) < 4.78 is 18.1. The van der Waals surface area contributed by atoms with Gasteiger partial charge in [0.15, 0.2) is 0 Å². The number of nitrogens with one attached hydrogen (secondary N) is 1. The topological polar surface area (TPSA) is 70.6 Å². The van der Waals surface area contributed by atoms with Crippen LogP contribution >= 0.6 is 0 Å². The van der Waals surface area contributed by atoms with Crippen LogP contribution in [0.3, 0.4) is 0 Å². The summed E-state index contributed by atoms with van der Waals surface area (Å²) in [5.74, 6) is 0.873. The molecule has 1 aliphatic carbocycles. The molecule has 6 nitrogen and oxygen atoms in total. The van der Waals surface area contributed by atoms with Crippen molar-refractivity contribution in [2.75, 3.05) is 53.1 Å². The smallest absolute Gasteiger partial charge is 0.128 e. The van der Waals surface area contributed by atoms with Crippen LogP contribution in [-0.2, 0) is 9.47 Å². The van der Waals surface area contributed by atoms with Crippen LogP contribution in [0, 0.1) is 10.8 Å². The van der Waals surface area contributed by atoms with Crippen LogP contribution in [0.25, 0.3) is 0 Å². The lowest BCUT2D eigenvalue weighted by atomic mass is 9.63. The van der Waals surface area contributed by atoms with Gasteiger partial charge in [-0.05, 0) is 68.7 Å². The summed E-state index contributed by atoms with van der Waals surface area (Å²) in [4.78, 5) is 2.55. The maximum atomic E-state index is 6.44. The summed E-state index contributed by atoms with van der Waals surface area (Å²) in [5, 5.41) is 3.39. The van der Waals surface area contributed by atoms with E-state index in [0.29, 0.717) is 36.2 Å². The number of quaternary nitrogens is 1. The Bertz CT molecular complexity index is 681. The molecule has 3 unspecified atom stereocenters. The fourth-order valence-corrected chi connectivity index (χ4v) is 5.96. The number of ether oxygens (including phenoxy) is 3. The largest absolute Gasteiger partial charge is 0.491 e. The van der Waals surface area contributed by atoms with Crippen molar-refractivity contribution in [3.05, 3.63) is 24.3 Å². The Balaban J connectivity index is 1.33. The molecule has 1 heterocycles. The Kier molecular flexibility index (Phi) is 9.38. The molecule has 3 atom stereocenters. The van der Waals surface area contributed by atoms with Gasteiger partial charge in [0.2, 0.25) is 0 Å². The Morgan fingerprint density at radius 3 is 2.62 bits per heavy atom. The molecule has 1 aliphatic heterocycles. The fraction of sp³-hybridized carbons (Fsp3) is 0.769. The minimum Gasteiger partial charge on any atom is -0.491 e. The van der Waals surface area contributed by atoms with Crippen LogP contribution in [0.1, 0.15) is 52.9 Å². The van der Waals surface area contributed by atoms with Crippen LogP contribution in [0.5, 0.6) is 5.75 Å². The number of benzene rings is 1. The highest BCUT2D eigenvalue weighted by Gasteiger charge is 2.41. The molecule has 1 aromatic carbocycles. The number of hydrogen-bond donors (Lipinski definition) is 2. The van der Waals surface area contributed by atoms with Gasteiger partial charge in [0, 0.05) is 31.3 Å². The molecule has 0 radical (unpaired) electrons. The van der Waals surface area contributed by atoms with E-state index < -0.39 is 0 Å². The van der Waals surface area contributed by atoms with Gasteiger partial charge in [-0.25, -0.2) is 0 Å². The third-order valence-corrected chi connectivity index (χ3v) is 6.97. The van der Waals surface area contributed by atoms with Crippen molar-refractivity contribution >= 4 is 5.69 Å². The van der Waals surface area contributed by atoms with E-state index in [1.165, 1.54) is 19.3 Å². The average Bonchev–Trinajstić information content (AvgIpc) is 3.15. The van der Waals surface area contributed by atoms with Crippen molar-refractivity contribution in [1.29, 1.82) is 0 Å². The van der Waals surface area contributed by atoms with E-state index >= 15 is 0 Å². The monoisotopic (exact) mass is 448 g/mol. The first-order valence-electron chi connectivity index (χ1n) is 12.4. The molecule has 0 spiro atoms. The maximum absolute atomic E-state index is 6.44. The van der Waals surface area contributed by atoms with E-state index in [1.807, 2.05) is 24.3 Å². The summed E-state index contributed by atoms with van der Waals surface area (Å²) in [5.41, 5.74) is 5.56. The molecule has 32 heavy (non-hydrogen) atoms. The summed E-state index contributed by atoms with van der Waals surface area (Å²) in [6.45, 7) is 13.2. The second-order valence-corrected chi connectivity index (χ2v) is 11.0. The van der Waals surface area contributed by atoms with Crippen LogP contribution in [0.4, 0.5) is 5.69 Å². The third kappa shape index (κ3) is 7.99. The molecule has 1 saturated heterocycles. The summed E-state index contributed by atoms with van der Waals surface area (Å²) in [6, 6.07) is 8.33. The maximum Gasteiger partial charge on any atom is 0.128 e. The average molecular weight is 449 g/mol. The van der Waals surface area contributed by atoms with E-state index in [1.54, 1.807) is 0 Å². The molecule has 2 fully saturated rings. The molecular weight excluding hydrogens is 402 g/mol. The molecule has 1 saturated carbocycles. The van der Waals surface area contributed by atoms with Gasteiger partial charge in [-0.15, -0.1) is 0 Å². The van der Waals surface area contributed by atoms with Crippen LogP contribution in [0.2, 0.25) is 0 Å². The number of likely N-dealkylation sites (tertiary alicyclic amines) is 1. The summed E-state index contributed by atoms with van der Waals surface area (Å²) in [7, 11) is 2.06. The van der Waals surface area contributed by atoms with Gasteiger partial charge in [0.1, 0.15) is 18.0 Å². The molecule has 182 valence electrons. The van der Waals surface area contributed by atoms with Gasteiger partial charge in [0.05, 0.1) is 25.9 Å². The van der Waals surface area contributed by atoms with E-state index in [2.05, 4.69) is 43.8 Å². The lowest BCUT2D eigenvalue weighted by molar-refractivity contribution is -0.254. The predicted octanol–water partition coefficient (Wildman–Crippen LogP) is 3.24. The number of hydrogen-bond acceptors (Lipinski definition) is 5. The lowest BCUT2D eigenvalue weighted by Gasteiger charge is -2.46. The third-order valence-electron chi connectivity index (χ3n) is 6.97. The molecule has 6 heteroatoms. The molecule has 1 aromatic rings. The highest BCUT2D eigenvalue weighted by atomic mass is 16.5. The minimum atomic E-state index is 0.322.